The van der Waals surface area contributed by atoms with E-state index in [0.29, 0.717) is 18.4 Å². The van der Waals surface area contributed by atoms with Crippen LogP contribution in [0.4, 0.5) is 0 Å². The van der Waals surface area contributed by atoms with Crippen LogP contribution in [0.1, 0.15) is 43.9 Å². The standard InChI is InChI=1S/C29H26O8/c30-25(19-10-4-1-5-11-19)34-18-23-24(36-26(31)20-12-6-2-7-13-20)29(33,22-16-17-22)28(35-23)37-27(32)21-14-8-3-9-15-21/h1-15,22-24,28,33H,16-18H2/t23-,24-,28-,29-/m1/s1. The van der Waals surface area contributed by atoms with Crippen LogP contribution < -0.4 is 0 Å². The Balaban J connectivity index is 1.40. The van der Waals surface area contributed by atoms with Crippen molar-refractivity contribution in [1.29, 1.82) is 0 Å². The summed E-state index contributed by atoms with van der Waals surface area (Å²) in [5.41, 5.74) is -0.923. The van der Waals surface area contributed by atoms with E-state index < -0.39 is 42.0 Å². The molecule has 0 unspecified atom stereocenters. The molecule has 2 fully saturated rings. The van der Waals surface area contributed by atoms with Gasteiger partial charge in [0.1, 0.15) is 12.7 Å². The highest BCUT2D eigenvalue weighted by Crippen LogP contribution is 2.50. The van der Waals surface area contributed by atoms with Crippen molar-refractivity contribution in [2.75, 3.05) is 6.61 Å². The Bertz CT molecular complexity index is 1240. The summed E-state index contributed by atoms with van der Waals surface area (Å²) in [5.74, 6) is -2.30. The fraction of sp³-hybridized carbons (Fsp3) is 0.276. The number of hydrogen-bond acceptors (Lipinski definition) is 8. The molecular weight excluding hydrogens is 476 g/mol. The molecule has 0 aromatic heterocycles. The molecule has 0 radical (unpaired) electrons. The molecule has 2 aliphatic rings. The summed E-state index contributed by atoms with van der Waals surface area (Å²) in [6.07, 6.45) is -2.48. The van der Waals surface area contributed by atoms with Gasteiger partial charge in [-0.25, -0.2) is 14.4 Å². The molecule has 0 spiro atoms. The van der Waals surface area contributed by atoms with Crippen molar-refractivity contribution < 1.29 is 38.4 Å². The average Bonchev–Trinajstić information content (AvgIpc) is 3.77. The number of rotatable bonds is 8. The Morgan fingerprint density at radius 2 is 1.19 bits per heavy atom. The fourth-order valence-corrected chi connectivity index (χ4v) is 4.47. The third-order valence-electron chi connectivity index (χ3n) is 6.56. The number of esters is 3. The number of hydrogen-bond donors (Lipinski definition) is 1. The number of carbonyl (C=O) groups is 3. The van der Waals surface area contributed by atoms with Gasteiger partial charge in [-0.3, -0.25) is 0 Å². The molecule has 190 valence electrons. The molecule has 1 N–H and O–H groups in total. The van der Waals surface area contributed by atoms with E-state index in [-0.39, 0.29) is 23.7 Å². The van der Waals surface area contributed by atoms with E-state index in [1.165, 1.54) is 0 Å². The molecule has 37 heavy (non-hydrogen) atoms. The SMILES string of the molecule is O=C(OC[C@H]1O[C@H](OC(=O)c2ccccc2)[C@@](O)(C2CC2)[C@@H]1OC(=O)c1ccccc1)c1ccccc1. The zero-order valence-corrected chi connectivity index (χ0v) is 19.9. The Hall–Kier alpha value is -4.01. The van der Waals surface area contributed by atoms with Gasteiger partial charge in [-0.2, -0.15) is 0 Å². The Morgan fingerprint density at radius 1 is 0.730 bits per heavy atom. The number of carbonyl (C=O) groups excluding carboxylic acids is 3. The van der Waals surface area contributed by atoms with E-state index >= 15 is 0 Å². The van der Waals surface area contributed by atoms with Gasteiger partial charge in [0.2, 0.25) is 6.29 Å². The van der Waals surface area contributed by atoms with Crippen molar-refractivity contribution in [3.63, 3.8) is 0 Å². The van der Waals surface area contributed by atoms with Gasteiger partial charge in [0.15, 0.2) is 11.7 Å². The van der Waals surface area contributed by atoms with Gasteiger partial charge in [-0.15, -0.1) is 0 Å². The van der Waals surface area contributed by atoms with E-state index in [0.717, 1.165) is 0 Å². The quantitative estimate of drug-likeness (QED) is 0.366. The molecule has 1 aliphatic heterocycles. The highest BCUT2D eigenvalue weighted by Gasteiger charge is 2.66. The average molecular weight is 503 g/mol. The van der Waals surface area contributed by atoms with Crippen LogP contribution in [0.3, 0.4) is 0 Å². The minimum atomic E-state index is -1.82. The Morgan fingerprint density at radius 3 is 1.68 bits per heavy atom. The lowest BCUT2D eigenvalue weighted by Gasteiger charge is -2.32. The highest BCUT2D eigenvalue weighted by molar-refractivity contribution is 5.90. The van der Waals surface area contributed by atoms with Crippen molar-refractivity contribution in [2.45, 2.75) is 36.9 Å². The van der Waals surface area contributed by atoms with Gasteiger partial charge in [-0.1, -0.05) is 54.6 Å². The summed E-state index contributed by atoms with van der Waals surface area (Å²) in [6.45, 7) is -0.325. The molecule has 1 saturated heterocycles. The number of ether oxygens (including phenoxy) is 4. The first kappa shape index (κ1) is 24.7. The lowest BCUT2D eigenvalue weighted by molar-refractivity contribution is -0.188. The van der Waals surface area contributed by atoms with Crippen LogP contribution in [0.2, 0.25) is 0 Å². The molecule has 0 bridgehead atoms. The maximum absolute atomic E-state index is 13.0. The zero-order valence-electron chi connectivity index (χ0n) is 19.9. The van der Waals surface area contributed by atoms with E-state index in [4.69, 9.17) is 18.9 Å². The first-order valence-corrected chi connectivity index (χ1v) is 12.1. The van der Waals surface area contributed by atoms with Crippen LogP contribution in [0.25, 0.3) is 0 Å². The molecule has 0 amide bonds. The van der Waals surface area contributed by atoms with Crippen molar-refractivity contribution in [3.05, 3.63) is 108 Å². The van der Waals surface area contributed by atoms with Gasteiger partial charge in [0, 0.05) is 0 Å². The van der Waals surface area contributed by atoms with Gasteiger partial charge < -0.3 is 24.1 Å². The molecule has 5 rings (SSSR count). The van der Waals surface area contributed by atoms with E-state index in [2.05, 4.69) is 0 Å². The van der Waals surface area contributed by atoms with Crippen molar-refractivity contribution >= 4 is 17.9 Å². The summed E-state index contributed by atoms with van der Waals surface area (Å²) in [4.78, 5) is 38.4. The van der Waals surface area contributed by atoms with Gasteiger partial charge in [0.25, 0.3) is 0 Å². The molecule has 3 aromatic carbocycles. The van der Waals surface area contributed by atoms with Crippen LogP contribution in [-0.2, 0) is 18.9 Å². The van der Waals surface area contributed by atoms with Crippen LogP contribution in [0.15, 0.2) is 91.0 Å². The Kier molecular flexibility index (Phi) is 7.03. The highest BCUT2D eigenvalue weighted by atomic mass is 16.7. The van der Waals surface area contributed by atoms with Gasteiger partial charge in [0.05, 0.1) is 16.7 Å². The first-order valence-electron chi connectivity index (χ1n) is 12.1. The molecule has 1 aliphatic carbocycles. The zero-order chi connectivity index (χ0) is 25.8. The summed E-state index contributed by atoms with van der Waals surface area (Å²) in [7, 11) is 0. The number of benzene rings is 3. The van der Waals surface area contributed by atoms with Gasteiger partial charge >= 0.3 is 17.9 Å². The topological polar surface area (TPSA) is 108 Å². The van der Waals surface area contributed by atoms with Crippen LogP contribution >= 0.6 is 0 Å². The van der Waals surface area contributed by atoms with E-state index in [1.54, 1.807) is 91.0 Å². The van der Waals surface area contributed by atoms with Crippen LogP contribution in [0.5, 0.6) is 0 Å². The molecular formula is C29H26O8. The van der Waals surface area contributed by atoms with E-state index in [9.17, 15) is 19.5 Å². The lowest BCUT2D eigenvalue weighted by atomic mass is 9.89. The molecule has 1 saturated carbocycles. The largest absolute Gasteiger partial charge is 0.459 e. The molecule has 1 heterocycles. The van der Waals surface area contributed by atoms with Crippen molar-refractivity contribution in [3.8, 4) is 0 Å². The van der Waals surface area contributed by atoms with E-state index in [1.807, 2.05) is 0 Å². The monoisotopic (exact) mass is 502 g/mol. The second-order valence-electron chi connectivity index (χ2n) is 9.10. The van der Waals surface area contributed by atoms with Crippen LogP contribution in [-0.4, -0.2) is 53.7 Å². The minimum absolute atomic E-state index is 0.279. The molecule has 3 aromatic rings. The molecule has 8 nitrogen and oxygen atoms in total. The van der Waals surface area contributed by atoms with Crippen molar-refractivity contribution in [1.82, 2.24) is 0 Å². The summed E-state index contributed by atoms with van der Waals surface area (Å²) >= 11 is 0. The maximum Gasteiger partial charge on any atom is 0.340 e. The van der Waals surface area contributed by atoms with Crippen LogP contribution in [0, 0.1) is 5.92 Å². The molecule has 8 heteroatoms. The fourth-order valence-electron chi connectivity index (χ4n) is 4.47. The predicted octanol–water partition coefficient (Wildman–Crippen LogP) is 3.79. The van der Waals surface area contributed by atoms with Gasteiger partial charge in [-0.05, 0) is 55.2 Å². The smallest absolute Gasteiger partial charge is 0.340 e. The predicted molar refractivity (Wildman–Crippen MR) is 131 cm³/mol. The number of aliphatic hydroxyl groups is 1. The normalized spacial score (nSPS) is 24.7. The summed E-state index contributed by atoms with van der Waals surface area (Å²) < 4.78 is 22.8. The first-order chi connectivity index (χ1) is 18.0. The molecule has 4 atom stereocenters. The lowest BCUT2D eigenvalue weighted by Crippen LogP contribution is -2.54. The second-order valence-corrected chi connectivity index (χ2v) is 9.10. The maximum atomic E-state index is 13.0. The Labute approximate surface area is 213 Å². The van der Waals surface area contributed by atoms with Crippen molar-refractivity contribution in [2.24, 2.45) is 5.92 Å². The third kappa shape index (κ3) is 5.26. The third-order valence-corrected chi connectivity index (χ3v) is 6.56. The second kappa shape index (κ2) is 10.5. The summed E-state index contributed by atoms with van der Waals surface area (Å²) in [6, 6.07) is 25.0. The summed E-state index contributed by atoms with van der Waals surface area (Å²) in [5, 5.41) is 11.9. The minimum Gasteiger partial charge on any atom is -0.459 e.